The zero-order valence-electron chi connectivity index (χ0n) is 9.97. The van der Waals surface area contributed by atoms with Crippen molar-refractivity contribution in [2.24, 2.45) is 5.92 Å². The highest BCUT2D eigenvalue weighted by Crippen LogP contribution is 2.34. The molecule has 1 aromatic rings. The third kappa shape index (κ3) is 3.39. The standard InChI is InChI=1S/C13H18BrClO/c1-4-16-13-6-5-11(15)7-12(13)10(3)9(2)8-14/h5-7,9-10H,4,8H2,1-3H3. The monoisotopic (exact) mass is 304 g/mol. The second-order valence-electron chi connectivity index (χ2n) is 4.04. The lowest BCUT2D eigenvalue weighted by molar-refractivity contribution is 0.331. The molecular weight excluding hydrogens is 287 g/mol. The predicted octanol–water partition coefficient (Wildman–Crippen LogP) is 4.87. The Balaban J connectivity index is 3.03. The molecular formula is C13H18BrClO. The Kier molecular flexibility index (Phi) is 5.63. The maximum absolute atomic E-state index is 6.04. The summed E-state index contributed by atoms with van der Waals surface area (Å²) in [6, 6.07) is 5.84. The van der Waals surface area contributed by atoms with Crippen molar-refractivity contribution in [2.45, 2.75) is 26.7 Å². The molecule has 0 aliphatic rings. The molecule has 0 bridgehead atoms. The van der Waals surface area contributed by atoms with Gasteiger partial charge in [-0.3, -0.25) is 0 Å². The third-order valence-corrected chi connectivity index (χ3v) is 4.12. The molecule has 0 aliphatic heterocycles. The van der Waals surface area contributed by atoms with Gasteiger partial charge in [-0.15, -0.1) is 0 Å². The summed E-state index contributed by atoms with van der Waals surface area (Å²) in [7, 11) is 0. The summed E-state index contributed by atoms with van der Waals surface area (Å²) < 4.78 is 5.63. The van der Waals surface area contributed by atoms with E-state index in [4.69, 9.17) is 16.3 Å². The van der Waals surface area contributed by atoms with E-state index >= 15 is 0 Å². The van der Waals surface area contributed by atoms with E-state index in [0.717, 1.165) is 16.1 Å². The van der Waals surface area contributed by atoms with E-state index in [9.17, 15) is 0 Å². The summed E-state index contributed by atoms with van der Waals surface area (Å²) in [6.07, 6.45) is 0. The Morgan fingerprint density at radius 3 is 2.62 bits per heavy atom. The normalized spacial score (nSPS) is 14.6. The SMILES string of the molecule is CCOc1ccc(Cl)cc1C(C)C(C)CBr. The molecule has 0 fully saturated rings. The van der Waals surface area contributed by atoms with E-state index in [-0.39, 0.29) is 0 Å². The maximum Gasteiger partial charge on any atom is 0.122 e. The molecule has 90 valence electrons. The summed E-state index contributed by atoms with van der Waals surface area (Å²) in [5, 5.41) is 1.75. The number of rotatable bonds is 5. The van der Waals surface area contributed by atoms with Crippen molar-refractivity contribution < 1.29 is 4.74 Å². The van der Waals surface area contributed by atoms with Gasteiger partial charge in [0.15, 0.2) is 0 Å². The van der Waals surface area contributed by atoms with Crippen LogP contribution in [0.15, 0.2) is 18.2 Å². The first-order chi connectivity index (χ1) is 7.60. The second kappa shape index (κ2) is 6.51. The molecule has 0 aromatic heterocycles. The molecule has 16 heavy (non-hydrogen) atoms. The quantitative estimate of drug-likeness (QED) is 0.705. The van der Waals surface area contributed by atoms with E-state index in [1.165, 1.54) is 5.56 Å². The molecule has 0 spiro atoms. The van der Waals surface area contributed by atoms with Gasteiger partial charge in [0, 0.05) is 10.4 Å². The fraction of sp³-hybridized carbons (Fsp3) is 0.538. The lowest BCUT2D eigenvalue weighted by Gasteiger charge is -2.21. The minimum Gasteiger partial charge on any atom is -0.494 e. The number of hydrogen-bond acceptors (Lipinski definition) is 1. The first kappa shape index (κ1) is 13.9. The van der Waals surface area contributed by atoms with Crippen molar-refractivity contribution in [1.82, 2.24) is 0 Å². The fourth-order valence-corrected chi connectivity index (χ4v) is 2.34. The summed E-state index contributed by atoms with van der Waals surface area (Å²) in [4.78, 5) is 0. The number of ether oxygens (including phenoxy) is 1. The van der Waals surface area contributed by atoms with Crippen molar-refractivity contribution in [1.29, 1.82) is 0 Å². The Labute approximate surface area is 111 Å². The minimum absolute atomic E-state index is 0.430. The average molecular weight is 306 g/mol. The molecule has 1 nitrogen and oxygen atoms in total. The molecule has 2 unspecified atom stereocenters. The first-order valence-corrected chi connectivity index (χ1v) is 7.08. The van der Waals surface area contributed by atoms with Crippen LogP contribution in [0.2, 0.25) is 5.02 Å². The number of benzene rings is 1. The smallest absolute Gasteiger partial charge is 0.122 e. The summed E-state index contributed by atoms with van der Waals surface area (Å²) in [6.45, 7) is 7.11. The summed E-state index contributed by atoms with van der Waals surface area (Å²) in [5.41, 5.74) is 1.20. The van der Waals surface area contributed by atoms with Crippen molar-refractivity contribution in [3.63, 3.8) is 0 Å². The van der Waals surface area contributed by atoms with Crippen LogP contribution in [0.1, 0.15) is 32.3 Å². The number of alkyl halides is 1. The van der Waals surface area contributed by atoms with Gasteiger partial charge in [-0.25, -0.2) is 0 Å². The van der Waals surface area contributed by atoms with Gasteiger partial charge in [0.2, 0.25) is 0 Å². The van der Waals surface area contributed by atoms with Gasteiger partial charge in [-0.1, -0.05) is 41.4 Å². The predicted molar refractivity (Wildman–Crippen MR) is 74.0 cm³/mol. The number of hydrogen-bond donors (Lipinski definition) is 0. The van der Waals surface area contributed by atoms with Gasteiger partial charge in [0.1, 0.15) is 5.75 Å². The van der Waals surface area contributed by atoms with Gasteiger partial charge >= 0.3 is 0 Å². The highest BCUT2D eigenvalue weighted by molar-refractivity contribution is 9.09. The van der Waals surface area contributed by atoms with Gasteiger partial charge in [-0.2, -0.15) is 0 Å². The highest BCUT2D eigenvalue weighted by atomic mass is 79.9. The Morgan fingerprint density at radius 2 is 2.06 bits per heavy atom. The number of halogens is 2. The van der Waals surface area contributed by atoms with E-state index in [2.05, 4.69) is 29.8 Å². The van der Waals surface area contributed by atoms with Crippen molar-refractivity contribution in [2.75, 3.05) is 11.9 Å². The second-order valence-corrected chi connectivity index (χ2v) is 5.12. The van der Waals surface area contributed by atoms with E-state index < -0.39 is 0 Å². The molecule has 3 heteroatoms. The van der Waals surface area contributed by atoms with Crippen molar-refractivity contribution in [3.05, 3.63) is 28.8 Å². The fourth-order valence-electron chi connectivity index (χ4n) is 1.60. The lowest BCUT2D eigenvalue weighted by atomic mass is 9.90. The maximum atomic E-state index is 6.04. The van der Waals surface area contributed by atoms with Gasteiger partial charge in [0.05, 0.1) is 6.61 Å². The molecule has 0 heterocycles. The molecule has 1 aromatic carbocycles. The van der Waals surface area contributed by atoms with E-state index in [1.54, 1.807) is 0 Å². The molecule has 0 saturated heterocycles. The average Bonchev–Trinajstić information content (AvgIpc) is 2.29. The van der Waals surface area contributed by atoms with E-state index in [1.807, 2.05) is 25.1 Å². The van der Waals surface area contributed by atoms with Crippen molar-refractivity contribution >= 4 is 27.5 Å². The molecule has 0 aliphatic carbocycles. The van der Waals surface area contributed by atoms with Crippen LogP contribution in [0.4, 0.5) is 0 Å². The van der Waals surface area contributed by atoms with Crippen LogP contribution in [-0.4, -0.2) is 11.9 Å². The zero-order valence-corrected chi connectivity index (χ0v) is 12.3. The zero-order chi connectivity index (χ0) is 12.1. The third-order valence-electron chi connectivity index (χ3n) is 2.86. The molecule has 0 amide bonds. The topological polar surface area (TPSA) is 9.23 Å². The van der Waals surface area contributed by atoms with E-state index in [0.29, 0.717) is 18.4 Å². The largest absolute Gasteiger partial charge is 0.494 e. The van der Waals surface area contributed by atoms with Gasteiger partial charge in [0.25, 0.3) is 0 Å². The van der Waals surface area contributed by atoms with Crippen LogP contribution in [0.5, 0.6) is 5.75 Å². The van der Waals surface area contributed by atoms with Crippen LogP contribution in [0, 0.1) is 5.92 Å². The molecule has 0 N–H and O–H groups in total. The van der Waals surface area contributed by atoms with Crippen LogP contribution >= 0.6 is 27.5 Å². The molecule has 2 atom stereocenters. The lowest BCUT2D eigenvalue weighted by Crippen LogP contribution is -2.09. The van der Waals surface area contributed by atoms with Crippen LogP contribution < -0.4 is 4.74 Å². The van der Waals surface area contributed by atoms with Crippen LogP contribution in [0.3, 0.4) is 0 Å². The Bertz CT molecular complexity index is 341. The summed E-state index contributed by atoms with van der Waals surface area (Å²) in [5.74, 6) is 1.93. The summed E-state index contributed by atoms with van der Waals surface area (Å²) >= 11 is 9.56. The highest BCUT2D eigenvalue weighted by Gasteiger charge is 2.17. The first-order valence-electron chi connectivity index (χ1n) is 5.58. The van der Waals surface area contributed by atoms with Gasteiger partial charge < -0.3 is 4.74 Å². The van der Waals surface area contributed by atoms with Crippen LogP contribution in [0.25, 0.3) is 0 Å². The van der Waals surface area contributed by atoms with Gasteiger partial charge in [-0.05, 0) is 42.5 Å². The van der Waals surface area contributed by atoms with Crippen molar-refractivity contribution in [3.8, 4) is 5.75 Å². The minimum atomic E-state index is 0.430. The molecule has 0 saturated carbocycles. The molecule has 1 rings (SSSR count). The van der Waals surface area contributed by atoms with Crippen LogP contribution in [-0.2, 0) is 0 Å². The Morgan fingerprint density at radius 1 is 1.38 bits per heavy atom. The Hall–Kier alpha value is -0.210. The molecule has 0 radical (unpaired) electrons.